The van der Waals surface area contributed by atoms with Crippen molar-refractivity contribution in [3.8, 4) is 5.75 Å². The number of ether oxygens (including phenoxy) is 1. The van der Waals surface area contributed by atoms with Gasteiger partial charge in [0, 0.05) is 6.54 Å². The second-order valence-electron chi connectivity index (χ2n) is 4.45. The van der Waals surface area contributed by atoms with Crippen LogP contribution in [0.4, 0.5) is 5.13 Å². The minimum atomic E-state index is 0.589. The molecule has 0 radical (unpaired) electrons. The molecule has 1 N–H and O–H groups in total. The molecule has 4 heteroatoms. The Balaban J connectivity index is 1.75. The van der Waals surface area contributed by atoms with Crippen LogP contribution in [0.2, 0.25) is 0 Å². The van der Waals surface area contributed by atoms with Crippen molar-refractivity contribution in [2.24, 2.45) is 0 Å². The van der Waals surface area contributed by atoms with Crippen LogP contribution in [0.25, 0.3) is 10.2 Å². The molecule has 1 heterocycles. The second kappa shape index (κ2) is 5.92. The van der Waals surface area contributed by atoms with Gasteiger partial charge in [-0.1, -0.05) is 41.7 Å². The van der Waals surface area contributed by atoms with Gasteiger partial charge in [0.25, 0.3) is 0 Å². The highest BCUT2D eigenvalue weighted by Crippen LogP contribution is 2.29. The van der Waals surface area contributed by atoms with Crippen LogP contribution in [0.5, 0.6) is 5.75 Å². The number of thiazole rings is 1. The smallest absolute Gasteiger partial charge is 0.183 e. The fourth-order valence-corrected chi connectivity index (χ4v) is 2.92. The van der Waals surface area contributed by atoms with Gasteiger partial charge in [0.1, 0.15) is 12.4 Å². The Morgan fingerprint density at radius 3 is 2.80 bits per heavy atom. The Hall–Kier alpha value is -2.07. The molecule has 1 aromatic heterocycles. The Morgan fingerprint density at radius 2 is 2.00 bits per heavy atom. The minimum Gasteiger partial charge on any atom is -0.489 e. The van der Waals surface area contributed by atoms with E-state index in [1.165, 1.54) is 5.56 Å². The molecule has 0 fully saturated rings. The highest BCUT2D eigenvalue weighted by atomic mass is 32.1. The number of rotatable bonds is 5. The zero-order valence-corrected chi connectivity index (χ0v) is 12.1. The number of nitrogens with one attached hydrogen (secondary N) is 1. The topological polar surface area (TPSA) is 34.2 Å². The van der Waals surface area contributed by atoms with E-state index in [2.05, 4.69) is 35.4 Å². The van der Waals surface area contributed by atoms with Crippen molar-refractivity contribution in [2.45, 2.75) is 13.5 Å². The summed E-state index contributed by atoms with van der Waals surface area (Å²) in [5.74, 6) is 0.882. The van der Waals surface area contributed by atoms with Crippen LogP contribution in [0.3, 0.4) is 0 Å². The third kappa shape index (κ3) is 2.91. The number of hydrogen-bond donors (Lipinski definition) is 1. The number of aromatic nitrogens is 1. The maximum Gasteiger partial charge on any atom is 0.183 e. The Kier molecular flexibility index (Phi) is 3.83. The van der Waals surface area contributed by atoms with Crippen molar-refractivity contribution in [2.75, 3.05) is 11.9 Å². The SMILES string of the molecule is CCNc1nc2ccc(OCc3ccccc3)cc2s1. The third-order valence-corrected chi connectivity index (χ3v) is 3.91. The van der Waals surface area contributed by atoms with Gasteiger partial charge in [0.15, 0.2) is 5.13 Å². The van der Waals surface area contributed by atoms with Gasteiger partial charge in [-0.25, -0.2) is 4.98 Å². The lowest BCUT2D eigenvalue weighted by molar-refractivity contribution is 0.306. The molecule has 0 unspecified atom stereocenters. The van der Waals surface area contributed by atoms with Crippen LogP contribution in [0.15, 0.2) is 48.5 Å². The Labute approximate surface area is 122 Å². The molecule has 0 saturated heterocycles. The van der Waals surface area contributed by atoms with Gasteiger partial charge in [0.2, 0.25) is 0 Å². The summed E-state index contributed by atoms with van der Waals surface area (Å²) in [4.78, 5) is 4.51. The molecule has 2 aromatic carbocycles. The molecule has 0 atom stereocenters. The Bertz CT molecular complexity index is 694. The number of anilines is 1. The number of fused-ring (bicyclic) bond motifs is 1. The van der Waals surface area contributed by atoms with E-state index >= 15 is 0 Å². The molecule has 0 spiro atoms. The monoisotopic (exact) mass is 284 g/mol. The van der Waals surface area contributed by atoms with E-state index in [1.54, 1.807) is 11.3 Å². The lowest BCUT2D eigenvalue weighted by Crippen LogP contribution is -1.94. The van der Waals surface area contributed by atoms with Crippen LogP contribution >= 0.6 is 11.3 Å². The second-order valence-corrected chi connectivity index (χ2v) is 5.48. The van der Waals surface area contributed by atoms with Gasteiger partial charge in [-0.2, -0.15) is 0 Å². The summed E-state index contributed by atoms with van der Waals surface area (Å²) >= 11 is 1.66. The summed E-state index contributed by atoms with van der Waals surface area (Å²) in [6, 6.07) is 16.2. The summed E-state index contributed by atoms with van der Waals surface area (Å²) < 4.78 is 6.97. The van der Waals surface area contributed by atoms with Crippen LogP contribution in [0, 0.1) is 0 Å². The average Bonchev–Trinajstić information content (AvgIpc) is 2.88. The van der Waals surface area contributed by atoms with Crippen molar-refractivity contribution in [3.05, 3.63) is 54.1 Å². The molecule has 3 aromatic rings. The molecule has 20 heavy (non-hydrogen) atoms. The fraction of sp³-hybridized carbons (Fsp3) is 0.188. The molecule has 102 valence electrons. The molecular weight excluding hydrogens is 268 g/mol. The van der Waals surface area contributed by atoms with Gasteiger partial charge in [0.05, 0.1) is 10.2 Å². The zero-order chi connectivity index (χ0) is 13.8. The normalized spacial score (nSPS) is 10.7. The molecule has 0 saturated carbocycles. The third-order valence-electron chi connectivity index (χ3n) is 2.94. The van der Waals surface area contributed by atoms with E-state index in [0.29, 0.717) is 6.61 Å². The standard InChI is InChI=1S/C16H16N2OS/c1-2-17-16-18-14-9-8-13(10-15(14)20-16)19-11-12-6-4-3-5-7-12/h3-10H,2,11H2,1H3,(H,17,18). The van der Waals surface area contributed by atoms with E-state index < -0.39 is 0 Å². The molecule has 0 aliphatic rings. The van der Waals surface area contributed by atoms with Gasteiger partial charge in [-0.3, -0.25) is 0 Å². The van der Waals surface area contributed by atoms with Crippen LogP contribution in [0.1, 0.15) is 12.5 Å². The Morgan fingerprint density at radius 1 is 1.15 bits per heavy atom. The predicted octanol–water partition coefficient (Wildman–Crippen LogP) is 4.31. The lowest BCUT2D eigenvalue weighted by atomic mass is 10.2. The predicted molar refractivity (Wildman–Crippen MR) is 84.6 cm³/mol. The highest BCUT2D eigenvalue weighted by Gasteiger charge is 2.04. The molecule has 0 aliphatic heterocycles. The minimum absolute atomic E-state index is 0.589. The van der Waals surface area contributed by atoms with Gasteiger partial charge in [-0.05, 0) is 30.7 Å². The number of nitrogens with zero attached hydrogens (tertiary/aromatic N) is 1. The summed E-state index contributed by atoms with van der Waals surface area (Å²) in [5, 5.41) is 4.20. The van der Waals surface area contributed by atoms with Crippen molar-refractivity contribution in [1.29, 1.82) is 0 Å². The van der Waals surface area contributed by atoms with E-state index in [4.69, 9.17) is 4.74 Å². The molecule has 3 nitrogen and oxygen atoms in total. The fourth-order valence-electron chi connectivity index (χ4n) is 1.96. The quantitative estimate of drug-likeness (QED) is 0.758. The summed E-state index contributed by atoms with van der Waals surface area (Å²) in [5.41, 5.74) is 2.18. The zero-order valence-electron chi connectivity index (χ0n) is 11.3. The maximum atomic E-state index is 5.83. The van der Waals surface area contributed by atoms with Crippen LogP contribution < -0.4 is 10.1 Å². The summed E-state index contributed by atoms with van der Waals surface area (Å²) in [6.07, 6.45) is 0. The van der Waals surface area contributed by atoms with Gasteiger partial charge in [-0.15, -0.1) is 0 Å². The molecular formula is C16H16N2OS. The van der Waals surface area contributed by atoms with Gasteiger partial charge < -0.3 is 10.1 Å². The van der Waals surface area contributed by atoms with Crippen molar-refractivity contribution >= 4 is 26.7 Å². The molecule has 0 amide bonds. The number of benzene rings is 2. The van der Waals surface area contributed by atoms with Crippen molar-refractivity contribution < 1.29 is 4.74 Å². The van der Waals surface area contributed by atoms with E-state index in [9.17, 15) is 0 Å². The first-order chi connectivity index (χ1) is 9.85. The number of hydrogen-bond acceptors (Lipinski definition) is 4. The summed E-state index contributed by atoms with van der Waals surface area (Å²) in [7, 11) is 0. The first kappa shape index (κ1) is 12.9. The lowest BCUT2D eigenvalue weighted by Gasteiger charge is -2.05. The van der Waals surface area contributed by atoms with Crippen molar-refractivity contribution in [3.63, 3.8) is 0 Å². The first-order valence-electron chi connectivity index (χ1n) is 6.66. The van der Waals surface area contributed by atoms with Crippen LogP contribution in [-0.2, 0) is 6.61 Å². The highest BCUT2D eigenvalue weighted by molar-refractivity contribution is 7.22. The maximum absolute atomic E-state index is 5.83. The van der Waals surface area contributed by atoms with E-state index in [1.807, 2.05) is 30.3 Å². The summed E-state index contributed by atoms with van der Waals surface area (Å²) in [6.45, 7) is 3.54. The van der Waals surface area contributed by atoms with E-state index in [-0.39, 0.29) is 0 Å². The average molecular weight is 284 g/mol. The van der Waals surface area contributed by atoms with Gasteiger partial charge >= 0.3 is 0 Å². The molecule has 0 aliphatic carbocycles. The van der Waals surface area contributed by atoms with E-state index in [0.717, 1.165) is 27.6 Å². The first-order valence-corrected chi connectivity index (χ1v) is 7.48. The van der Waals surface area contributed by atoms with Crippen molar-refractivity contribution in [1.82, 2.24) is 4.98 Å². The van der Waals surface area contributed by atoms with Crippen LogP contribution in [-0.4, -0.2) is 11.5 Å². The molecule has 3 rings (SSSR count). The largest absolute Gasteiger partial charge is 0.489 e. The molecule has 0 bridgehead atoms.